The van der Waals surface area contributed by atoms with Crippen molar-refractivity contribution in [1.29, 1.82) is 0 Å². The first-order chi connectivity index (χ1) is 13.4. The molecule has 8 heteroatoms. The molecule has 0 saturated heterocycles. The van der Waals surface area contributed by atoms with Gasteiger partial charge in [-0.15, -0.1) is 11.3 Å². The van der Waals surface area contributed by atoms with E-state index >= 15 is 0 Å². The van der Waals surface area contributed by atoms with Gasteiger partial charge in [0.05, 0.1) is 18.4 Å². The third kappa shape index (κ3) is 2.93. The minimum atomic E-state index is -0.501. The molecule has 0 aromatic carbocycles. The molecule has 146 valence electrons. The first-order valence-corrected chi connectivity index (χ1v) is 9.99. The van der Waals surface area contributed by atoms with Crippen molar-refractivity contribution in [1.82, 2.24) is 9.38 Å². The molecular formula is C20H22N4O3S. The number of anilines is 1. The van der Waals surface area contributed by atoms with E-state index in [1.807, 2.05) is 0 Å². The molecule has 0 spiro atoms. The van der Waals surface area contributed by atoms with Gasteiger partial charge < -0.3 is 15.8 Å². The van der Waals surface area contributed by atoms with Crippen molar-refractivity contribution in [3.63, 3.8) is 0 Å². The van der Waals surface area contributed by atoms with E-state index in [4.69, 9.17) is 10.5 Å². The lowest BCUT2D eigenvalue weighted by atomic mass is 9.88. The summed E-state index contributed by atoms with van der Waals surface area (Å²) < 4.78 is 7.03. The number of amides is 2. The van der Waals surface area contributed by atoms with E-state index in [2.05, 4.69) is 17.2 Å². The fourth-order valence-corrected chi connectivity index (χ4v) is 5.26. The Labute approximate surface area is 166 Å². The van der Waals surface area contributed by atoms with Crippen molar-refractivity contribution in [2.75, 3.05) is 12.4 Å². The minimum Gasteiger partial charge on any atom is -0.493 e. The summed E-state index contributed by atoms with van der Waals surface area (Å²) in [6.45, 7) is 3.97. The summed E-state index contributed by atoms with van der Waals surface area (Å²) in [5, 5.41) is 3.44. The molecule has 3 N–H and O–H groups in total. The number of aryl methyl sites for hydroxylation is 1. The van der Waals surface area contributed by atoms with Gasteiger partial charge in [0.15, 0.2) is 11.4 Å². The number of carbonyl (C=O) groups excluding carboxylic acids is 2. The zero-order valence-electron chi connectivity index (χ0n) is 16.0. The number of imidazole rings is 1. The molecule has 0 saturated carbocycles. The van der Waals surface area contributed by atoms with Crippen LogP contribution < -0.4 is 15.8 Å². The molecule has 3 aromatic rings. The van der Waals surface area contributed by atoms with Crippen LogP contribution in [0.3, 0.4) is 0 Å². The third-order valence-corrected chi connectivity index (χ3v) is 6.38. The van der Waals surface area contributed by atoms with Gasteiger partial charge in [0.25, 0.3) is 11.8 Å². The largest absolute Gasteiger partial charge is 0.493 e. The third-order valence-electron chi connectivity index (χ3n) is 5.21. The summed E-state index contributed by atoms with van der Waals surface area (Å²) in [6, 6.07) is 3.59. The first kappa shape index (κ1) is 18.5. The highest BCUT2D eigenvalue weighted by Crippen LogP contribution is 2.39. The number of fused-ring (bicyclic) bond motifs is 2. The van der Waals surface area contributed by atoms with Gasteiger partial charge in [-0.05, 0) is 49.8 Å². The second-order valence-electron chi connectivity index (χ2n) is 7.19. The fourth-order valence-electron chi connectivity index (χ4n) is 3.85. The van der Waals surface area contributed by atoms with E-state index in [-0.39, 0.29) is 5.91 Å². The van der Waals surface area contributed by atoms with Crippen LogP contribution >= 0.6 is 11.3 Å². The lowest BCUT2D eigenvalue weighted by Crippen LogP contribution is -2.20. The van der Waals surface area contributed by atoms with Crippen LogP contribution in [0.15, 0.2) is 18.3 Å². The van der Waals surface area contributed by atoms with E-state index in [0.717, 1.165) is 29.7 Å². The molecule has 4 rings (SSSR count). The van der Waals surface area contributed by atoms with Gasteiger partial charge in [-0.3, -0.25) is 14.0 Å². The lowest BCUT2D eigenvalue weighted by Gasteiger charge is -2.18. The highest BCUT2D eigenvalue weighted by atomic mass is 32.1. The number of rotatable bonds is 4. The number of thiophene rings is 1. The van der Waals surface area contributed by atoms with E-state index in [1.54, 1.807) is 36.8 Å². The molecule has 1 atom stereocenters. The minimum absolute atomic E-state index is 0.326. The number of hydrogen-bond donors (Lipinski definition) is 2. The predicted molar refractivity (Wildman–Crippen MR) is 108 cm³/mol. The Kier molecular flexibility index (Phi) is 4.58. The second-order valence-corrected chi connectivity index (χ2v) is 8.30. The number of aromatic nitrogens is 2. The highest BCUT2D eigenvalue weighted by Gasteiger charge is 2.28. The smallest absolute Gasteiger partial charge is 0.275 e. The van der Waals surface area contributed by atoms with Crippen molar-refractivity contribution in [3.05, 3.63) is 45.7 Å². The molecule has 0 bridgehead atoms. The molecule has 1 aliphatic rings. The maximum atomic E-state index is 13.1. The molecule has 3 heterocycles. The number of nitrogens with zero attached hydrogens (tertiary/aromatic N) is 2. The average Bonchev–Trinajstić information content (AvgIpc) is 3.17. The topological polar surface area (TPSA) is 98.7 Å². The zero-order chi connectivity index (χ0) is 20.0. The molecule has 1 aliphatic carbocycles. The van der Waals surface area contributed by atoms with Crippen LogP contribution in [0.5, 0.6) is 5.75 Å². The number of primary amides is 1. The maximum Gasteiger partial charge on any atom is 0.275 e. The van der Waals surface area contributed by atoms with Crippen LogP contribution in [0.1, 0.15) is 50.3 Å². The molecule has 0 radical (unpaired) electrons. The van der Waals surface area contributed by atoms with Crippen LogP contribution in [-0.2, 0) is 12.8 Å². The summed E-state index contributed by atoms with van der Waals surface area (Å²) in [5.74, 6) is 0.318. The van der Waals surface area contributed by atoms with Crippen LogP contribution in [0.25, 0.3) is 5.65 Å². The van der Waals surface area contributed by atoms with Crippen molar-refractivity contribution in [2.45, 2.75) is 33.1 Å². The first-order valence-electron chi connectivity index (χ1n) is 9.18. The Morgan fingerprint density at radius 2 is 2.21 bits per heavy atom. The molecule has 1 unspecified atom stereocenters. The standard InChI is InChI=1S/C20H22N4O3S/c1-10-6-7-12-14(9-10)28-20(15(12)17(21)25)23-19(26)16-11(2)22-18-13(27-3)5-4-8-24(16)18/h4-5,8,10H,6-7,9H2,1-3H3,(H2,21,25)(H,23,26). The molecule has 0 fully saturated rings. The number of ether oxygens (including phenoxy) is 1. The number of pyridine rings is 1. The van der Waals surface area contributed by atoms with Crippen LogP contribution in [0, 0.1) is 12.8 Å². The van der Waals surface area contributed by atoms with Crippen molar-refractivity contribution < 1.29 is 14.3 Å². The van der Waals surface area contributed by atoms with Gasteiger partial charge in [-0.2, -0.15) is 0 Å². The number of hydrogen-bond acceptors (Lipinski definition) is 5. The zero-order valence-corrected chi connectivity index (χ0v) is 16.9. The second kappa shape index (κ2) is 6.94. The van der Waals surface area contributed by atoms with Crippen molar-refractivity contribution in [2.24, 2.45) is 11.7 Å². The van der Waals surface area contributed by atoms with Crippen LogP contribution in [0.4, 0.5) is 5.00 Å². The number of methoxy groups -OCH3 is 1. The summed E-state index contributed by atoms with van der Waals surface area (Å²) in [4.78, 5) is 30.8. The normalized spacial score (nSPS) is 16.0. The van der Waals surface area contributed by atoms with Gasteiger partial charge in [0.2, 0.25) is 0 Å². The Morgan fingerprint density at radius 1 is 1.43 bits per heavy atom. The molecule has 0 aliphatic heterocycles. The van der Waals surface area contributed by atoms with Gasteiger partial charge >= 0.3 is 0 Å². The van der Waals surface area contributed by atoms with Crippen molar-refractivity contribution in [3.8, 4) is 5.75 Å². The molecule has 28 heavy (non-hydrogen) atoms. The van der Waals surface area contributed by atoms with E-state index < -0.39 is 5.91 Å². The van der Waals surface area contributed by atoms with Crippen LogP contribution in [-0.4, -0.2) is 28.3 Å². The number of nitrogens with one attached hydrogen (secondary N) is 1. The summed E-state index contributed by atoms with van der Waals surface area (Å²) in [6.07, 6.45) is 4.50. The molecule has 2 amide bonds. The van der Waals surface area contributed by atoms with E-state index in [1.165, 1.54) is 11.3 Å². The number of carbonyl (C=O) groups is 2. The summed E-state index contributed by atoms with van der Waals surface area (Å²) in [7, 11) is 1.56. The number of nitrogens with two attached hydrogens (primary N) is 1. The fraction of sp³-hybridized carbons (Fsp3) is 0.350. The monoisotopic (exact) mass is 398 g/mol. The Hall–Kier alpha value is -2.87. The summed E-state index contributed by atoms with van der Waals surface area (Å²) in [5.41, 5.74) is 8.65. The van der Waals surface area contributed by atoms with Gasteiger partial charge in [-0.1, -0.05) is 6.92 Å². The quantitative estimate of drug-likeness (QED) is 0.705. The molecule has 3 aromatic heterocycles. The average molecular weight is 398 g/mol. The van der Waals surface area contributed by atoms with Gasteiger partial charge in [-0.25, -0.2) is 4.98 Å². The van der Waals surface area contributed by atoms with Crippen molar-refractivity contribution >= 4 is 33.8 Å². The lowest BCUT2D eigenvalue weighted by molar-refractivity contribution is 0.1000. The van der Waals surface area contributed by atoms with Gasteiger partial charge in [0, 0.05) is 11.1 Å². The SMILES string of the molecule is COc1cccn2c(C(=O)Nc3sc4c(c3C(N)=O)CCC(C)C4)c(C)nc12. The van der Waals surface area contributed by atoms with E-state index in [9.17, 15) is 9.59 Å². The maximum absolute atomic E-state index is 13.1. The van der Waals surface area contributed by atoms with E-state index in [0.29, 0.717) is 39.3 Å². The van der Waals surface area contributed by atoms with Crippen LogP contribution in [0.2, 0.25) is 0 Å². The Morgan fingerprint density at radius 3 is 2.93 bits per heavy atom. The Balaban J connectivity index is 1.75. The molecule has 7 nitrogen and oxygen atoms in total. The predicted octanol–water partition coefficient (Wildman–Crippen LogP) is 3.19. The summed E-state index contributed by atoms with van der Waals surface area (Å²) >= 11 is 1.45. The van der Waals surface area contributed by atoms with Gasteiger partial charge in [0.1, 0.15) is 10.7 Å². The highest BCUT2D eigenvalue weighted by molar-refractivity contribution is 7.17. The Bertz CT molecular complexity index is 1100. The molecular weight excluding hydrogens is 376 g/mol.